The van der Waals surface area contributed by atoms with Crippen molar-refractivity contribution >= 4 is 0 Å². The molecule has 20 heavy (non-hydrogen) atoms. The Balaban J connectivity index is 2.44. The largest absolute Gasteiger partial charge is 0.507 e. The maximum absolute atomic E-state index is 10.2. The third-order valence-corrected chi connectivity index (χ3v) is 4.04. The number of hydrogen-bond acceptors (Lipinski definition) is 1. The van der Waals surface area contributed by atoms with E-state index in [2.05, 4.69) is 58.0 Å². The fraction of sp³-hybridized carbons (Fsp3) is 0.368. The van der Waals surface area contributed by atoms with Crippen molar-refractivity contribution < 1.29 is 5.11 Å². The Kier molecular flexibility index (Phi) is 4.17. The van der Waals surface area contributed by atoms with Crippen LogP contribution in [0.3, 0.4) is 0 Å². The first kappa shape index (κ1) is 14.6. The number of aryl methyl sites for hydroxylation is 3. The summed E-state index contributed by atoms with van der Waals surface area (Å²) in [5, 5.41) is 10.2. The molecule has 0 bridgehead atoms. The molecule has 106 valence electrons. The van der Waals surface area contributed by atoms with Gasteiger partial charge in [-0.15, -0.1) is 0 Å². The maximum Gasteiger partial charge on any atom is 0.121 e. The second-order valence-electron chi connectivity index (χ2n) is 6.05. The van der Waals surface area contributed by atoms with E-state index in [0.29, 0.717) is 11.7 Å². The van der Waals surface area contributed by atoms with Crippen molar-refractivity contribution in [3.63, 3.8) is 0 Å². The lowest BCUT2D eigenvalue weighted by atomic mass is 9.91. The van der Waals surface area contributed by atoms with Gasteiger partial charge in [0.2, 0.25) is 0 Å². The standard InChI is InChI=1S/C19H24O/c1-12(2)17-10-16(9-15(5)19(17)20)11-18-13(3)7-6-8-14(18)4/h6-10,12,20H,11H2,1-5H3. The molecule has 0 heterocycles. The highest BCUT2D eigenvalue weighted by Crippen LogP contribution is 2.31. The molecular formula is C19H24O. The second kappa shape index (κ2) is 5.70. The Bertz CT molecular complexity index is 604. The zero-order chi connectivity index (χ0) is 14.9. The summed E-state index contributed by atoms with van der Waals surface area (Å²) in [5.74, 6) is 0.789. The number of phenolic OH excluding ortho intramolecular Hbond substituents is 1. The summed E-state index contributed by atoms with van der Waals surface area (Å²) in [5.41, 5.74) is 7.36. The number of aromatic hydroxyl groups is 1. The van der Waals surface area contributed by atoms with Crippen molar-refractivity contribution in [2.24, 2.45) is 0 Å². The van der Waals surface area contributed by atoms with Gasteiger partial charge in [0.05, 0.1) is 0 Å². The topological polar surface area (TPSA) is 20.2 Å². The van der Waals surface area contributed by atoms with E-state index in [1.54, 1.807) is 0 Å². The Morgan fingerprint density at radius 1 is 0.950 bits per heavy atom. The molecule has 0 spiro atoms. The third kappa shape index (κ3) is 2.87. The molecule has 0 amide bonds. The fourth-order valence-electron chi connectivity index (χ4n) is 2.76. The average molecular weight is 268 g/mol. The van der Waals surface area contributed by atoms with E-state index in [-0.39, 0.29) is 0 Å². The highest BCUT2D eigenvalue weighted by molar-refractivity contribution is 5.47. The molecular weight excluding hydrogens is 244 g/mol. The van der Waals surface area contributed by atoms with E-state index in [4.69, 9.17) is 0 Å². The smallest absolute Gasteiger partial charge is 0.121 e. The van der Waals surface area contributed by atoms with Gasteiger partial charge in [0, 0.05) is 0 Å². The summed E-state index contributed by atoms with van der Waals surface area (Å²) < 4.78 is 0. The van der Waals surface area contributed by atoms with Crippen molar-refractivity contribution in [2.45, 2.75) is 47.0 Å². The van der Waals surface area contributed by atoms with Crippen LogP contribution in [0, 0.1) is 20.8 Å². The normalized spacial score (nSPS) is 11.1. The quantitative estimate of drug-likeness (QED) is 0.827. The van der Waals surface area contributed by atoms with Crippen molar-refractivity contribution in [3.8, 4) is 5.75 Å². The monoisotopic (exact) mass is 268 g/mol. The van der Waals surface area contributed by atoms with Crippen LogP contribution in [-0.4, -0.2) is 5.11 Å². The van der Waals surface area contributed by atoms with Crippen molar-refractivity contribution in [2.75, 3.05) is 0 Å². The Hall–Kier alpha value is -1.76. The van der Waals surface area contributed by atoms with Crippen LogP contribution in [-0.2, 0) is 6.42 Å². The summed E-state index contributed by atoms with van der Waals surface area (Å²) in [6.45, 7) is 10.6. The first-order chi connectivity index (χ1) is 9.40. The molecule has 0 atom stereocenters. The van der Waals surface area contributed by atoms with Gasteiger partial charge < -0.3 is 5.11 Å². The van der Waals surface area contributed by atoms with E-state index in [9.17, 15) is 5.11 Å². The van der Waals surface area contributed by atoms with Gasteiger partial charge in [-0.25, -0.2) is 0 Å². The van der Waals surface area contributed by atoms with Crippen LogP contribution in [0.1, 0.15) is 53.1 Å². The first-order valence-electron chi connectivity index (χ1n) is 7.27. The van der Waals surface area contributed by atoms with Crippen molar-refractivity contribution in [1.29, 1.82) is 0 Å². The van der Waals surface area contributed by atoms with Gasteiger partial charge >= 0.3 is 0 Å². The molecule has 0 aliphatic rings. The van der Waals surface area contributed by atoms with Crippen LogP contribution in [0.2, 0.25) is 0 Å². The number of hydrogen-bond donors (Lipinski definition) is 1. The lowest BCUT2D eigenvalue weighted by Gasteiger charge is -2.15. The van der Waals surface area contributed by atoms with Crippen LogP contribution in [0.15, 0.2) is 30.3 Å². The zero-order valence-electron chi connectivity index (χ0n) is 13.1. The van der Waals surface area contributed by atoms with Gasteiger partial charge in [0.15, 0.2) is 0 Å². The van der Waals surface area contributed by atoms with E-state index >= 15 is 0 Å². The molecule has 0 aromatic heterocycles. The summed E-state index contributed by atoms with van der Waals surface area (Å²) >= 11 is 0. The zero-order valence-corrected chi connectivity index (χ0v) is 13.1. The molecule has 0 radical (unpaired) electrons. The lowest BCUT2D eigenvalue weighted by Crippen LogP contribution is -1.99. The predicted octanol–water partition coefficient (Wildman–Crippen LogP) is 5.03. The second-order valence-corrected chi connectivity index (χ2v) is 6.05. The minimum absolute atomic E-state index is 0.339. The highest BCUT2D eigenvalue weighted by atomic mass is 16.3. The molecule has 1 heteroatoms. The van der Waals surface area contributed by atoms with E-state index in [1.807, 2.05) is 6.92 Å². The summed E-state index contributed by atoms with van der Waals surface area (Å²) in [6, 6.07) is 10.7. The molecule has 0 saturated heterocycles. The molecule has 1 nitrogen and oxygen atoms in total. The Labute approximate surface area is 122 Å². The van der Waals surface area contributed by atoms with Crippen molar-refractivity contribution in [1.82, 2.24) is 0 Å². The molecule has 2 aromatic rings. The minimum atomic E-state index is 0.339. The lowest BCUT2D eigenvalue weighted by molar-refractivity contribution is 0.460. The third-order valence-electron chi connectivity index (χ3n) is 4.04. The molecule has 0 fully saturated rings. The van der Waals surface area contributed by atoms with Gasteiger partial charge in [-0.3, -0.25) is 0 Å². The van der Waals surface area contributed by atoms with Gasteiger partial charge in [0.25, 0.3) is 0 Å². The highest BCUT2D eigenvalue weighted by Gasteiger charge is 2.12. The van der Waals surface area contributed by atoms with Gasteiger partial charge in [-0.05, 0) is 66.5 Å². The van der Waals surface area contributed by atoms with E-state index in [0.717, 1.165) is 17.5 Å². The molecule has 0 saturated carbocycles. The van der Waals surface area contributed by atoms with Crippen LogP contribution in [0.25, 0.3) is 0 Å². The van der Waals surface area contributed by atoms with Crippen LogP contribution >= 0.6 is 0 Å². The Morgan fingerprint density at radius 2 is 1.55 bits per heavy atom. The van der Waals surface area contributed by atoms with Crippen molar-refractivity contribution in [3.05, 3.63) is 63.7 Å². The molecule has 0 unspecified atom stereocenters. The van der Waals surface area contributed by atoms with Crippen LogP contribution in [0.5, 0.6) is 5.75 Å². The SMILES string of the molecule is Cc1cc(Cc2c(C)cccc2C)cc(C(C)C)c1O. The number of rotatable bonds is 3. The minimum Gasteiger partial charge on any atom is -0.507 e. The van der Waals surface area contributed by atoms with Crippen LogP contribution < -0.4 is 0 Å². The predicted molar refractivity (Wildman–Crippen MR) is 85.7 cm³/mol. The summed E-state index contributed by atoms with van der Waals surface area (Å²) in [4.78, 5) is 0. The van der Waals surface area contributed by atoms with Gasteiger partial charge in [0.1, 0.15) is 5.75 Å². The number of benzene rings is 2. The molecule has 2 rings (SSSR count). The first-order valence-corrected chi connectivity index (χ1v) is 7.27. The molecule has 2 aromatic carbocycles. The molecule has 0 aliphatic heterocycles. The molecule has 1 N–H and O–H groups in total. The summed E-state index contributed by atoms with van der Waals surface area (Å²) in [6.07, 6.45) is 0.930. The van der Waals surface area contributed by atoms with Gasteiger partial charge in [-0.2, -0.15) is 0 Å². The maximum atomic E-state index is 10.2. The number of phenols is 1. The Morgan fingerprint density at radius 3 is 2.10 bits per heavy atom. The van der Waals surface area contributed by atoms with Crippen LogP contribution in [0.4, 0.5) is 0 Å². The summed E-state index contributed by atoms with van der Waals surface area (Å²) in [7, 11) is 0. The van der Waals surface area contributed by atoms with E-state index < -0.39 is 0 Å². The van der Waals surface area contributed by atoms with E-state index in [1.165, 1.54) is 22.3 Å². The fourth-order valence-corrected chi connectivity index (χ4v) is 2.76. The average Bonchev–Trinajstić information content (AvgIpc) is 2.37. The molecule has 0 aliphatic carbocycles. The van der Waals surface area contributed by atoms with Gasteiger partial charge in [-0.1, -0.05) is 44.2 Å².